The number of hydrogen-bond donors (Lipinski definition) is 1. The maximum Gasteiger partial charge on any atom is 0.418 e. The Kier molecular flexibility index (Phi) is 7.97. The summed E-state index contributed by atoms with van der Waals surface area (Å²) in [5.41, 5.74) is 4.16. The predicted molar refractivity (Wildman–Crippen MR) is 157 cm³/mol. The number of likely N-dealkylation sites (tertiary alicyclic amines) is 1. The summed E-state index contributed by atoms with van der Waals surface area (Å²) in [5, 5.41) is 0.575. The van der Waals surface area contributed by atoms with Gasteiger partial charge in [-0.25, -0.2) is 4.98 Å². The molecule has 5 rings (SSSR count). The fraction of sp³-hybridized carbons (Fsp3) is 0.448. The largest absolute Gasteiger partial charge is 0.456 e. The normalized spacial score (nSPS) is 18.5. The number of alkyl halides is 3. The molecule has 1 amide bonds. The fourth-order valence-electron chi connectivity index (χ4n) is 5.85. The monoisotopic (exact) mass is 603 g/mol. The van der Waals surface area contributed by atoms with Gasteiger partial charge in [-0.2, -0.15) is 23.1 Å². The number of ether oxygens (including phenoxy) is 1. The quantitative estimate of drug-likeness (QED) is 0.392. The average Bonchev–Trinajstić information content (AvgIpc) is 3.38. The van der Waals surface area contributed by atoms with E-state index in [0.29, 0.717) is 42.9 Å². The van der Waals surface area contributed by atoms with Gasteiger partial charge in [0.25, 0.3) is 0 Å². The van der Waals surface area contributed by atoms with Crippen LogP contribution in [0.25, 0.3) is 22.2 Å². The summed E-state index contributed by atoms with van der Waals surface area (Å²) in [5.74, 6) is 0.286. The summed E-state index contributed by atoms with van der Waals surface area (Å²) in [6.45, 7) is 10.3. The van der Waals surface area contributed by atoms with Crippen molar-refractivity contribution in [1.29, 1.82) is 0 Å². The Bertz CT molecular complexity index is 1520. The molecule has 2 aliphatic heterocycles. The molecule has 13 heteroatoms. The van der Waals surface area contributed by atoms with E-state index >= 15 is 0 Å². The fourth-order valence-corrected chi connectivity index (χ4v) is 6.10. The molecular formula is C29H33ClF3N7O2. The highest BCUT2D eigenvalue weighted by Gasteiger charge is 2.39. The number of pyridine rings is 1. The van der Waals surface area contributed by atoms with Crippen molar-refractivity contribution < 1.29 is 22.7 Å². The average molecular weight is 604 g/mol. The van der Waals surface area contributed by atoms with Crippen LogP contribution < -0.4 is 15.4 Å². The highest BCUT2D eigenvalue weighted by atomic mass is 35.5. The molecule has 224 valence electrons. The first kappa shape index (κ1) is 29.8. The number of fused-ring (bicyclic) bond motifs is 1. The molecule has 2 N–H and O–H groups in total. The van der Waals surface area contributed by atoms with Crippen molar-refractivity contribution in [1.82, 2.24) is 24.8 Å². The smallest absolute Gasteiger partial charge is 0.418 e. The number of carbonyl (C=O) groups excluding carboxylic acids is 1. The van der Waals surface area contributed by atoms with E-state index in [2.05, 4.69) is 21.4 Å². The first-order valence-corrected chi connectivity index (χ1v) is 14.1. The molecule has 0 aliphatic carbocycles. The molecule has 2 aliphatic rings. The van der Waals surface area contributed by atoms with Crippen LogP contribution in [0.15, 0.2) is 36.9 Å². The zero-order chi connectivity index (χ0) is 30.4. The zero-order valence-corrected chi connectivity index (χ0v) is 24.5. The Morgan fingerprint density at radius 2 is 1.83 bits per heavy atom. The van der Waals surface area contributed by atoms with Crippen LogP contribution in [-0.4, -0.2) is 82.1 Å². The first-order chi connectivity index (χ1) is 19.8. The number of amides is 1. The molecule has 1 atom stereocenters. The topological polar surface area (TPSA) is 101 Å². The molecule has 0 saturated carbocycles. The Morgan fingerprint density at radius 1 is 1.12 bits per heavy atom. The highest BCUT2D eigenvalue weighted by molar-refractivity contribution is 6.34. The Hall–Kier alpha value is -3.64. The number of nitrogens with zero attached hydrogens (tertiary/aromatic N) is 6. The lowest BCUT2D eigenvalue weighted by atomic mass is 9.96. The lowest BCUT2D eigenvalue weighted by Gasteiger charge is -2.37. The van der Waals surface area contributed by atoms with Gasteiger partial charge in [-0.15, -0.1) is 0 Å². The van der Waals surface area contributed by atoms with E-state index < -0.39 is 17.3 Å². The van der Waals surface area contributed by atoms with E-state index in [0.717, 1.165) is 31.5 Å². The van der Waals surface area contributed by atoms with Gasteiger partial charge in [-0.1, -0.05) is 18.2 Å². The maximum atomic E-state index is 13.9. The third-order valence-electron chi connectivity index (χ3n) is 7.96. The van der Waals surface area contributed by atoms with Gasteiger partial charge >= 0.3 is 12.2 Å². The van der Waals surface area contributed by atoms with Gasteiger partial charge < -0.3 is 20.3 Å². The second-order valence-corrected chi connectivity index (χ2v) is 11.6. The SMILES string of the molecule is C=CC(=O)N1CCN(c2nc(OC(C)(C)C3CCCN3C)nc3cc(-c4nc(N)ccc4C(F)(F)F)c(Cl)cc23)CC1. The highest BCUT2D eigenvalue weighted by Crippen LogP contribution is 2.42. The number of hydrogen-bond acceptors (Lipinski definition) is 8. The summed E-state index contributed by atoms with van der Waals surface area (Å²) >= 11 is 6.63. The van der Waals surface area contributed by atoms with Gasteiger partial charge in [0.05, 0.1) is 21.8 Å². The van der Waals surface area contributed by atoms with Crippen molar-refractivity contribution in [3.05, 3.63) is 47.5 Å². The molecule has 2 fully saturated rings. The number of aromatic nitrogens is 3. The van der Waals surface area contributed by atoms with E-state index in [4.69, 9.17) is 27.1 Å². The number of nitrogens with two attached hydrogens (primary N) is 1. The maximum absolute atomic E-state index is 13.9. The second-order valence-electron chi connectivity index (χ2n) is 11.2. The second kappa shape index (κ2) is 11.2. The number of rotatable bonds is 6. The third-order valence-corrected chi connectivity index (χ3v) is 8.28. The first-order valence-electron chi connectivity index (χ1n) is 13.7. The summed E-state index contributed by atoms with van der Waals surface area (Å²) in [6, 6.07) is 5.24. The molecule has 0 spiro atoms. The van der Waals surface area contributed by atoms with Crippen LogP contribution in [0.1, 0.15) is 32.3 Å². The van der Waals surface area contributed by atoms with Crippen LogP contribution in [-0.2, 0) is 11.0 Å². The van der Waals surface area contributed by atoms with Gasteiger partial charge in [0, 0.05) is 43.2 Å². The number of carbonyl (C=O) groups is 1. The van der Waals surface area contributed by atoms with Crippen LogP contribution in [0.2, 0.25) is 5.02 Å². The number of piperazine rings is 1. The van der Waals surface area contributed by atoms with Crippen molar-refractivity contribution in [3.8, 4) is 17.3 Å². The summed E-state index contributed by atoms with van der Waals surface area (Å²) in [4.78, 5) is 31.5. The van der Waals surface area contributed by atoms with E-state index in [1.165, 1.54) is 12.1 Å². The van der Waals surface area contributed by atoms with Gasteiger partial charge in [-0.3, -0.25) is 9.69 Å². The summed E-state index contributed by atoms with van der Waals surface area (Å²) in [7, 11) is 2.05. The Balaban J connectivity index is 1.63. The van der Waals surface area contributed by atoms with Gasteiger partial charge in [-0.05, 0) is 70.6 Å². The lowest BCUT2D eigenvalue weighted by Crippen LogP contribution is -2.49. The van der Waals surface area contributed by atoms with Crippen LogP contribution in [0, 0.1) is 0 Å². The van der Waals surface area contributed by atoms with Crippen molar-refractivity contribution in [2.45, 2.75) is 44.5 Å². The standard InChI is InChI=1S/C29H33ClF3N7O2/c1-5-24(41)39-11-13-40(14-12-39)26-18-15-20(30)17(25-19(29(31,32)33)8-9-23(34)36-25)16-21(18)35-27(37-26)42-28(2,3)22-7-6-10-38(22)4/h5,8-9,15-16,22H,1,6-7,10-14H2,2-4H3,(H2,34,36). The van der Waals surface area contributed by atoms with Crippen LogP contribution in [0.4, 0.5) is 24.8 Å². The molecule has 4 heterocycles. The zero-order valence-electron chi connectivity index (χ0n) is 23.7. The van der Waals surface area contributed by atoms with E-state index in [1.54, 1.807) is 11.0 Å². The lowest BCUT2D eigenvalue weighted by molar-refractivity contribution is -0.137. The van der Waals surface area contributed by atoms with Crippen molar-refractivity contribution in [3.63, 3.8) is 0 Å². The number of halogens is 4. The molecule has 42 heavy (non-hydrogen) atoms. The van der Waals surface area contributed by atoms with Gasteiger partial charge in [0.15, 0.2) is 0 Å². The minimum absolute atomic E-state index is 0.0376. The van der Waals surface area contributed by atoms with Crippen LogP contribution in [0.3, 0.4) is 0 Å². The van der Waals surface area contributed by atoms with Gasteiger partial charge in [0.2, 0.25) is 5.91 Å². The number of benzene rings is 1. The number of nitrogen functional groups attached to an aromatic ring is 1. The van der Waals surface area contributed by atoms with Crippen molar-refractivity contribution >= 4 is 40.0 Å². The van der Waals surface area contributed by atoms with Crippen LogP contribution in [0.5, 0.6) is 6.01 Å². The Labute approximate surface area is 247 Å². The number of anilines is 2. The molecule has 2 aromatic heterocycles. The molecule has 9 nitrogen and oxygen atoms in total. The van der Waals surface area contributed by atoms with E-state index in [9.17, 15) is 18.0 Å². The molecule has 1 aromatic carbocycles. The minimum atomic E-state index is -4.68. The minimum Gasteiger partial charge on any atom is -0.456 e. The molecule has 0 radical (unpaired) electrons. The molecule has 3 aromatic rings. The van der Waals surface area contributed by atoms with Crippen molar-refractivity contribution in [2.24, 2.45) is 0 Å². The third kappa shape index (κ3) is 5.82. The molecular weight excluding hydrogens is 571 g/mol. The molecule has 1 unspecified atom stereocenters. The number of likely N-dealkylation sites (N-methyl/N-ethyl adjacent to an activating group) is 1. The van der Waals surface area contributed by atoms with Crippen molar-refractivity contribution in [2.75, 3.05) is 50.4 Å². The van der Waals surface area contributed by atoms with E-state index in [-0.39, 0.29) is 40.1 Å². The molecule has 2 saturated heterocycles. The Morgan fingerprint density at radius 3 is 2.45 bits per heavy atom. The van der Waals surface area contributed by atoms with Gasteiger partial charge in [0.1, 0.15) is 17.2 Å². The summed E-state index contributed by atoms with van der Waals surface area (Å²) in [6.07, 6.45) is -1.41. The summed E-state index contributed by atoms with van der Waals surface area (Å²) < 4.78 is 48.3. The molecule has 0 bridgehead atoms. The predicted octanol–water partition coefficient (Wildman–Crippen LogP) is 5.03. The van der Waals surface area contributed by atoms with Crippen LogP contribution >= 0.6 is 11.6 Å². The van der Waals surface area contributed by atoms with E-state index in [1.807, 2.05) is 25.8 Å².